The summed E-state index contributed by atoms with van der Waals surface area (Å²) in [4.78, 5) is 110. The summed E-state index contributed by atoms with van der Waals surface area (Å²) in [7, 11) is 4.08. The maximum atomic E-state index is 15.2. The second-order valence-electron chi connectivity index (χ2n) is 31.8. The van der Waals surface area contributed by atoms with Crippen molar-refractivity contribution in [1.29, 1.82) is 0 Å². The van der Waals surface area contributed by atoms with Gasteiger partial charge in [0.15, 0.2) is 0 Å². The molecular formula is C93H95FN12O7S10. The lowest BCUT2D eigenvalue weighted by molar-refractivity contribution is -0.191. The average molecular weight is 1830 g/mol. The Morgan fingerprint density at radius 2 is 0.764 bits per heavy atom. The van der Waals surface area contributed by atoms with Gasteiger partial charge in [-0.2, -0.15) is 9.59 Å². The second kappa shape index (κ2) is 38.9. The van der Waals surface area contributed by atoms with Crippen LogP contribution in [0, 0.1) is 20.8 Å². The molecule has 1 aliphatic heterocycles. The van der Waals surface area contributed by atoms with Gasteiger partial charge in [-0.1, -0.05) is 36.4 Å². The van der Waals surface area contributed by atoms with Crippen LogP contribution < -0.4 is 31.5 Å². The van der Waals surface area contributed by atoms with Crippen molar-refractivity contribution in [2.45, 2.75) is 191 Å². The van der Waals surface area contributed by atoms with Crippen LogP contribution in [0.25, 0.3) is 104 Å². The molecule has 636 valence electrons. The van der Waals surface area contributed by atoms with E-state index in [1.165, 1.54) is 164 Å². The normalized spacial score (nSPS) is 14.4. The summed E-state index contributed by atoms with van der Waals surface area (Å²) >= 11 is 16.8. The monoisotopic (exact) mass is 1830 g/mol. The fraction of sp³-hybridized carbons (Fsp3) is 0.344. The highest BCUT2D eigenvalue weighted by Crippen LogP contribution is 2.54. The van der Waals surface area contributed by atoms with Crippen molar-refractivity contribution >= 4 is 231 Å². The maximum Gasteiger partial charge on any atom is 0.373 e. The lowest BCUT2D eigenvalue weighted by atomic mass is 9.96. The van der Waals surface area contributed by atoms with Gasteiger partial charge in [-0.05, 0) is 237 Å². The first-order valence-electron chi connectivity index (χ1n) is 41.3. The van der Waals surface area contributed by atoms with Gasteiger partial charge in [0.25, 0.3) is 0 Å². The average Bonchev–Trinajstić information content (AvgIpc) is 1.61. The quantitative estimate of drug-likeness (QED) is 0.0763. The summed E-state index contributed by atoms with van der Waals surface area (Å²) in [6.07, 6.45) is 17.8. The fourth-order valence-corrected chi connectivity index (χ4v) is 28.6. The van der Waals surface area contributed by atoms with Crippen LogP contribution in [0.3, 0.4) is 0 Å². The number of nitrogens with one attached hydrogen (secondary N) is 5. The van der Waals surface area contributed by atoms with Gasteiger partial charge < -0.3 is 31.5 Å². The first-order chi connectivity index (χ1) is 59.2. The molecule has 15 aromatic rings. The number of rotatable bonds is 12. The molecule has 19 nitrogen and oxygen atoms in total. The molecule has 0 bridgehead atoms. The number of carbonyl (C=O) groups excluding carboxylic acids is 7. The minimum Gasteiger partial charge on any atom is -0.378 e. The van der Waals surface area contributed by atoms with Crippen LogP contribution in [-0.4, -0.2) is 92.2 Å². The van der Waals surface area contributed by atoms with Crippen molar-refractivity contribution in [3.8, 4) is 52.9 Å². The van der Waals surface area contributed by atoms with Crippen LogP contribution in [0.4, 0.5) is 35.1 Å². The molecule has 5 amide bonds. The van der Waals surface area contributed by atoms with E-state index in [1.807, 2.05) is 38.4 Å². The number of halogens is 1. The molecule has 1 unspecified atom stereocenters. The summed E-state index contributed by atoms with van der Waals surface area (Å²) in [5.74, 6) is -0.205. The Balaban J connectivity index is 0.000000118. The molecule has 5 aliphatic rings. The summed E-state index contributed by atoms with van der Waals surface area (Å²) in [6, 6.07) is 33.6. The predicted molar refractivity (Wildman–Crippen MR) is 516 cm³/mol. The molecule has 10 aromatic heterocycles. The number of alkyl halides is 1. The summed E-state index contributed by atoms with van der Waals surface area (Å²) in [5, 5.41) is 24.5. The zero-order valence-electron chi connectivity index (χ0n) is 70.6. The van der Waals surface area contributed by atoms with Crippen LogP contribution in [0.1, 0.15) is 175 Å². The van der Waals surface area contributed by atoms with Gasteiger partial charge in [-0.25, -0.2) is 29.3 Å². The molecule has 0 radical (unpaired) electrons. The number of hydrogen-bond acceptors (Lipinski definition) is 24. The topological polar surface area (TPSA) is 251 Å². The molecule has 4 aliphatic carbocycles. The molecular weight excluding hydrogens is 1740 g/mol. The van der Waals surface area contributed by atoms with Crippen LogP contribution in [0.15, 0.2) is 97.1 Å². The van der Waals surface area contributed by atoms with Crippen molar-refractivity contribution < 1.29 is 38.0 Å². The third-order valence-electron chi connectivity index (χ3n) is 21.9. The van der Waals surface area contributed by atoms with E-state index in [4.69, 9.17) is 34.5 Å². The number of aromatic nitrogens is 5. The van der Waals surface area contributed by atoms with Crippen LogP contribution >= 0.6 is 113 Å². The van der Waals surface area contributed by atoms with Crippen molar-refractivity contribution in [3.05, 3.63) is 166 Å². The summed E-state index contributed by atoms with van der Waals surface area (Å²) in [5.41, 5.74) is 21.7. The third kappa shape index (κ3) is 19.9. The number of thiazole rings is 5. The molecule has 0 spiro atoms. The molecule has 1 atom stereocenters. The largest absolute Gasteiger partial charge is 0.378 e. The number of para-hydroxylation sites is 2. The highest BCUT2D eigenvalue weighted by Gasteiger charge is 2.36. The van der Waals surface area contributed by atoms with E-state index in [0.717, 1.165) is 150 Å². The Bertz CT molecular complexity index is 6370. The van der Waals surface area contributed by atoms with Gasteiger partial charge in [0.2, 0.25) is 29.5 Å². The number of hydrogen-bond donors (Lipinski definition) is 5. The number of fused-ring (bicyclic) bond motifs is 10. The molecule has 0 saturated carbocycles. The minimum absolute atomic E-state index is 0.0119. The maximum absolute atomic E-state index is 15.2. The van der Waals surface area contributed by atoms with Gasteiger partial charge in [0.05, 0.1) is 56.6 Å². The lowest BCUT2D eigenvalue weighted by Gasteiger charge is -2.32. The predicted octanol–water partition coefficient (Wildman–Crippen LogP) is 25.1. The molecule has 11 heterocycles. The molecule has 5 aromatic carbocycles. The van der Waals surface area contributed by atoms with Crippen molar-refractivity contribution in [3.63, 3.8) is 0 Å². The Labute approximate surface area is 753 Å². The van der Waals surface area contributed by atoms with Gasteiger partial charge in [0, 0.05) is 126 Å². The molecule has 5 N–H and O–H groups in total. The van der Waals surface area contributed by atoms with Crippen molar-refractivity contribution in [2.75, 3.05) is 52.1 Å². The van der Waals surface area contributed by atoms with Gasteiger partial charge in [0.1, 0.15) is 56.2 Å². The van der Waals surface area contributed by atoms with Crippen molar-refractivity contribution in [1.82, 2.24) is 29.8 Å². The zero-order valence-corrected chi connectivity index (χ0v) is 78.7. The second-order valence-corrected chi connectivity index (χ2v) is 42.4. The van der Waals surface area contributed by atoms with Gasteiger partial charge >= 0.3 is 6.15 Å². The minimum atomic E-state index is -1.08. The SMILES string of the molecule is CC(=O)Nc1sc2c(c1-c1nc3c(C)cccc3s1)CCCC2.CC(=O)Nc1sc2c(c1-c1nc3cc(C)ccc3s1)CCCC2.CC(=O)Nc1sc2c(c1-c1nc3cc(N(C)C)ccc3s1)CCCC2.CC(=O)Nc1sc2c(c1-c1nc3ccc(C)cc3s1)CCCC2.CC(=O)Nc1sc2c(c1-c1nc3ccccc3s1)C(F)CN(C(C)C)C2.O=C=O. The molecule has 20 rings (SSSR count). The standard InChI is InChI=1S/C19H20FN3OS2.C19H21N3OS2.3C18H18N2OS2.CO2/c1-10(2)23-8-12(20)16-15(9-23)26-18(21-11(3)24)17(16)19-22-13-6-4-5-7-14(13)25-19;1-11(23)20-18-17(13-6-4-5-7-15(13)24-18)19-21-14-10-12(22(2)3)8-9-16(14)25-19;1-10-6-5-9-14-16(10)20-18(23-14)15-12-7-3-4-8-13(12)22-17(15)19-11(2)21;1-10-7-8-15-13(9-10)20-18(23-15)16-12-5-3-4-6-14(12)22-17(16)19-11(2)21;1-10-7-8-13-15(9-10)23-18(20-13)16-12-5-3-4-6-14(12)22-17(16)19-11(2)21;2-1-3/h4-7,10,12H,8-9H2,1-3H3,(H,21,24);8-10H,4-7H2,1-3H3,(H,20,23);5-6,9H,3-4,7-8H2,1-2H3,(H,19,21);2*7-9H,3-6H2,1-2H3,(H,19,21);. The van der Waals surface area contributed by atoms with E-state index in [1.54, 1.807) is 130 Å². The number of aryl methyl sites for hydroxylation is 7. The Kier molecular flexibility index (Phi) is 28.0. The first-order valence-corrected chi connectivity index (χ1v) is 49.5. The number of carbonyl (C=O) groups is 5. The highest BCUT2D eigenvalue weighted by molar-refractivity contribution is 7.25. The van der Waals surface area contributed by atoms with E-state index >= 15 is 4.39 Å². The number of nitrogens with zero attached hydrogens (tertiary/aromatic N) is 7. The van der Waals surface area contributed by atoms with Crippen LogP contribution in [-0.2, 0) is 91.5 Å². The number of thiophene rings is 5. The Morgan fingerprint density at radius 1 is 0.407 bits per heavy atom. The Morgan fingerprint density at radius 3 is 1.21 bits per heavy atom. The fourth-order valence-electron chi connectivity index (χ4n) is 16.3. The van der Waals surface area contributed by atoms with E-state index in [9.17, 15) is 24.0 Å². The van der Waals surface area contributed by atoms with E-state index in [0.29, 0.717) is 23.7 Å². The Hall–Kier alpha value is -9.53. The summed E-state index contributed by atoms with van der Waals surface area (Å²) in [6.45, 7) is 19.3. The summed E-state index contributed by atoms with van der Waals surface area (Å²) < 4.78 is 21.0. The van der Waals surface area contributed by atoms with Crippen LogP contribution in [0.5, 0.6) is 0 Å². The highest BCUT2D eigenvalue weighted by atomic mass is 32.1. The number of amides is 5. The lowest BCUT2D eigenvalue weighted by Crippen LogP contribution is -2.36. The van der Waals surface area contributed by atoms with E-state index in [2.05, 4.69) is 144 Å². The smallest absolute Gasteiger partial charge is 0.373 e. The van der Waals surface area contributed by atoms with Gasteiger partial charge in [-0.15, -0.1) is 113 Å². The van der Waals surface area contributed by atoms with E-state index < -0.39 is 6.17 Å². The zero-order chi connectivity index (χ0) is 86.6. The first kappa shape index (κ1) is 88.3. The molecule has 0 fully saturated rings. The number of anilines is 6. The molecule has 123 heavy (non-hydrogen) atoms. The van der Waals surface area contributed by atoms with Gasteiger partial charge in [-0.3, -0.25) is 28.9 Å². The third-order valence-corrected chi connectivity index (χ3v) is 33.1. The number of benzene rings is 5. The molecule has 30 heteroatoms. The van der Waals surface area contributed by atoms with E-state index in [-0.39, 0.29) is 41.7 Å². The van der Waals surface area contributed by atoms with Crippen LogP contribution in [0.2, 0.25) is 0 Å². The van der Waals surface area contributed by atoms with Crippen molar-refractivity contribution in [2.24, 2.45) is 0 Å². The molecule has 0 saturated heterocycles.